The first-order valence-electron chi connectivity index (χ1n) is 5.28. The number of rotatable bonds is 6. The average Bonchev–Trinajstić information content (AvgIpc) is 2.34. The predicted octanol–water partition coefficient (Wildman–Crippen LogP) is 0.600. The SMILES string of the molecule is CSCC[C@H](NC(=O)c1ccc(N)cn1)C(=O)O. The Morgan fingerprint density at radius 1 is 1.56 bits per heavy atom. The molecule has 0 spiro atoms. The summed E-state index contributed by atoms with van der Waals surface area (Å²) in [6.45, 7) is 0. The van der Waals surface area contributed by atoms with Crippen molar-refractivity contribution >= 4 is 29.3 Å². The van der Waals surface area contributed by atoms with Crippen LogP contribution in [0.4, 0.5) is 5.69 Å². The normalized spacial score (nSPS) is 11.8. The second-order valence-corrected chi connectivity index (χ2v) is 4.61. The largest absolute Gasteiger partial charge is 0.480 e. The summed E-state index contributed by atoms with van der Waals surface area (Å²) in [5.41, 5.74) is 6.05. The lowest BCUT2D eigenvalue weighted by Crippen LogP contribution is -2.41. The lowest BCUT2D eigenvalue weighted by atomic mass is 10.2. The molecule has 0 radical (unpaired) electrons. The van der Waals surface area contributed by atoms with Gasteiger partial charge >= 0.3 is 5.97 Å². The van der Waals surface area contributed by atoms with Gasteiger partial charge in [-0.05, 0) is 30.6 Å². The number of carboxylic acids is 1. The molecule has 0 aliphatic carbocycles. The summed E-state index contributed by atoms with van der Waals surface area (Å²) in [6, 6.07) is 2.10. The Morgan fingerprint density at radius 2 is 2.28 bits per heavy atom. The van der Waals surface area contributed by atoms with E-state index in [1.165, 1.54) is 24.0 Å². The number of nitrogens with one attached hydrogen (secondary N) is 1. The average molecular weight is 269 g/mol. The molecule has 1 atom stereocenters. The van der Waals surface area contributed by atoms with Crippen LogP contribution in [0, 0.1) is 0 Å². The quantitative estimate of drug-likeness (QED) is 0.698. The number of pyridine rings is 1. The smallest absolute Gasteiger partial charge is 0.326 e. The molecule has 1 heterocycles. The second kappa shape index (κ2) is 6.85. The number of carbonyl (C=O) groups is 2. The van der Waals surface area contributed by atoms with Crippen LogP contribution < -0.4 is 11.1 Å². The zero-order valence-corrected chi connectivity index (χ0v) is 10.7. The van der Waals surface area contributed by atoms with Gasteiger partial charge in [-0.1, -0.05) is 0 Å². The van der Waals surface area contributed by atoms with Crippen LogP contribution in [0.3, 0.4) is 0 Å². The van der Waals surface area contributed by atoms with Crippen molar-refractivity contribution in [3.8, 4) is 0 Å². The van der Waals surface area contributed by atoms with Gasteiger partial charge in [0.25, 0.3) is 5.91 Å². The summed E-state index contributed by atoms with van der Waals surface area (Å²) in [5.74, 6) is -0.900. The molecule has 7 heteroatoms. The molecule has 0 unspecified atom stereocenters. The van der Waals surface area contributed by atoms with Crippen molar-refractivity contribution in [1.29, 1.82) is 0 Å². The summed E-state index contributed by atoms with van der Waals surface area (Å²) >= 11 is 1.53. The number of aliphatic carboxylic acids is 1. The minimum atomic E-state index is -1.05. The van der Waals surface area contributed by atoms with E-state index in [1.54, 1.807) is 6.07 Å². The van der Waals surface area contributed by atoms with Crippen LogP contribution in [-0.4, -0.2) is 40.0 Å². The van der Waals surface area contributed by atoms with Crippen molar-refractivity contribution < 1.29 is 14.7 Å². The summed E-state index contributed by atoms with van der Waals surface area (Å²) in [7, 11) is 0. The molecular formula is C11H15N3O3S. The third kappa shape index (κ3) is 4.25. The molecule has 0 aromatic carbocycles. The molecule has 4 N–H and O–H groups in total. The molecule has 1 aromatic heterocycles. The number of anilines is 1. The standard InChI is InChI=1S/C11H15N3O3S/c1-18-5-4-9(11(16)17)14-10(15)8-3-2-7(12)6-13-8/h2-3,6,9H,4-5,12H2,1H3,(H,14,15)(H,16,17)/t9-/m0/s1. The van der Waals surface area contributed by atoms with Gasteiger partial charge in [0.15, 0.2) is 0 Å². The molecule has 18 heavy (non-hydrogen) atoms. The number of hydrogen-bond acceptors (Lipinski definition) is 5. The van der Waals surface area contributed by atoms with Gasteiger partial charge in [-0.15, -0.1) is 0 Å². The van der Waals surface area contributed by atoms with Crippen molar-refractivity contribution in [2.75, 3.05) is 17.7 Å². The van der Waals surface area contributed by atoms with Crippen molar-refractivity contribution in [3.05, 3.63) is 24.0 Å². The maximum absolute atomic E-state index is 11.7. The van der Waals surface area contributed by atoms with E-state index in [0.717, 1.165) is 0 Å². The Bertz CT molecular complexity index is 422. The highest BCUT2D eigenvalue weighted by atomic mass is 32.2. The molecule has 0 saturated carbocycles. The molecule has 98 valence electrons. The Labute approximate surface area is 109 Å². The van der Waals surface area contributed by atoms with E-state index in [1.807, 2.05) is 6.26 Å². The van der Waals surface area contributed by atoms with Crippen LogP contribution in [0.1, 0.15) is 16.9 Å². The van der Waals surface area contributed by atoms with Gasteiger partial charge in [-0.25, -0.2) is 9.78 Å². The molecule has 1 rings (SSSR count). The van der Waals surface area contributed by atoms with E-state index >= 15 is 0 Å². The number of hydrogen-bond donors (Lipinski definition) is 3. The van der Waals surface area contributed by atoms with Gasteiger partial charge in [0, 0.05) is 0 Å². The zero-order valence-electron chi connectivity index (χ0n) is 9.92. The Morgan fingerprint density at radius 3 is 2.78 bits per heavy atom. The number of aromatic nitrogens is 1. The van der Waals surface area contributed by atoms with Gasteiger partial charge in [0.1, 0.15) is 11.7 Å². The van der Waals surface area contributed by atoms with Crippen molar-refractivity contribution in [3.63, 3.8) is 0 Å². The number of carboxylic acid groups (broad SMARTS) is 1. The fraction of sp³-hybridized carbons (Fsp3) is 0.364. The van der Waals surface area contributed by atoms with Crippen molar-refractivity contribution in [1.82, 2.24) is 10.3 Å². The number of nitrogens with two attached hydrogens (primary N) is 1. The van der Waals surface area contributed by atoms with E-state index in [-0.39, 0.29) is 5.69 Å². The number of nitrogens with zero attached hydrogens (tertiary/aromatic N) is 1. The first-order valence-corrected chi connectivity index (χ1v) is 6.68. The highest BCUT2D eigenvalue weighted by molar-refractivity contribution is 7.98. The van der Waals surface area contributed by atoms with E-state index in [2.05, 4.69) is 10.3 Å². The first-order chi connectivity index (χ1) is 8.54. The molecule has 1 aromatic rings. The summed E-state index contributed by atoms with van der Waals surface area (Å²) in [5, 5.41) is 11.4. The van der Waals surface area contributed by atoms with Crippen molar-refractivity contribution in [2.45, 2.75) is 12.5 Å². The molecule has 0 saturated heterocycles. The molecule has 0 aliphatic rings. The topological polar surface area (TPSA) is 105 Å². The van der Waals surface area contributed by atoms with Crippen LogP contribution in [0.15, 0.2) is 18.3 Å². The Kier molecular flexibility index (Phi) is 5.44. The Hall–Kier alpha value is -1.76. The fourth-order valence-corrected chi connectivity index (χ4v) is 1.74. The molecule has 0 aliphatic heterocycles. The summed E-state index contributed by atoms with van der Waals surface area (Å²) in [6.07, 6.45) is 3.60. The van der Waals surface area contributed by atoms with Gasteiger partial charge in [-0.3, -0.25) is 4.79 Å². The third-order valence-corrected chi connectivity index (χ3v) is 2.88. The van der Waals surface area contributed by atoms with Crippen LogP contribution in [-0.2, 0) is 4.79 Å². The predicted molar refractivity (Wildman–Crippen MR) is 70.5 cm³/mol. The summed E-state index contributed by atoms with van der Waals surface area (Å²) < 4.78 is 0. The second-order valence-electron chi connectivity index (χ2n) is 3.62. The first kappa shape index (κ1) is 14.3. The third-order valence-electron chi connectivity index (χ3n) is 2.23. The van der Waals surface area contributed by atoms with Crippen molar-refractivity contribution in [2.24, 2.45) is 0 Å². The van der Waals surface area contributed by atoms with Gasteiger partial charge in [0.2, 0.25) is 0 Å². The fourth-order valence-electron chi connectivity index (χ4n) is 1.26. The number of carbonyl (C=O) groups excluding carboxylic acids is 1. The van der Waals surface area contributed by atoms with Gasteiger partial charge in [-0.2, -0.15) is 11.8 Å². The van der Waals surface area contributed by atoms with E-state index in [0.29, 0.717) is 17.9 Å². The lowest BCUT2D eigenvalue weighted by molar-refractivity contribution is -0.139. The maximum atomic E-state index is 11.7. The Balaban J connectivity index is 2.66. The van der Waals surface area contributed by atoms with Crippen LogP contribution in [0.5, 0.6) is 0 Å². The van der Waals surface area contributed by atoms with E-state index < -0.39 is 17.9 Å². The lowest BCUT2D eigenvalue weighted by Gasteiger charge is -2.13. The highest BCUT2D eigenvalue weighted by Crippen LogP contribution is 2.04. The zero-order chi connectivity index (χ0) is 13.5. The van der Waals surface area contributed by atoms with Gasteiger partial charge < -0.3 is 16.2 Å². The minimum absolute atomic E-state index is 0.152. The van der Waals surface area contributed by atoms with E-state index in [9.17, 15) is 9.59 Å². The van der Waals surface area contributed by atoms with Gasteiger partial charge in [0.05, 0.1) is 11.9 Å². The van der Waals surface area contributed by atoms with Crippen LogP contribution in [0.25, 0.3) is 0 Å². The molecule has 0 fully saturated rings. The number of amides is 1. The molecule has 0 bridgehead atoms. The number of nitrogen functional groups attached to an aromatic ring is 1. The summed E-state index contributed by atoms with van der Waals surface area (Å²) in [4.78, 5) is 26.5. The molecule has 6 nitrogen and oxygen atoms in total. The van der Waals surface area contributed by atoms with Crippen LogP contribution in [0.2, 0.25) is 0 Å². The maximum Gasteiger partial charge on any atom is 0.326 e. The number of thioether (sulfide) groups is 1. The molecular weight excluding hydrogens is 254 g/mol. The molecule has 1 amide bonds. The highest BCUT2D eigenvalue weighted by Gasteiger charge is 2.20. The van der Waals surface area contributed by atoms with Crippen LogP contribution >= 0.6 is 11.8 Å². The monoisotopic (exact) mass is 269 g/mol. The minimum Gasteiger partial charge on any atom is -0.480 e. The van der Waals surface area contributed by atoms with E-state index in [4.69, 9.17) is 10.8 Å².